The lowest BCUT2D eigenvalue weighted by molar-refractivity contribution is -0.0134. The molecule has 0 radical (unpaired) electrons. The Bertz CT molecular complexity index is 734. The number of hydrogen-bond acceptors (Lipinski definition) is 2. The van der Waals surface area contributed by atoms with Crippen LogP contribution in [-0.2, 0) is 6.42 Å². The zero-order valence-corrected chi connectivity index (χ0v) is 13.2. The summed E-state index contributed by atoms with van der Waals surface area (Å²) in [5, 5.41) is 11.1. The summed E-state index contributed by atoms with van der Waals surface area (Å²) in [6, 6.07) is 6.52. The van der Waals surface area contributed by atoms with Crippen molar-refractivity contribution in [2.45, 2.75) is 44.6 Å². The third kappa shape index (κ3) is 1.66. The number of phenolic OH excluding ortho intramolecular Hbond substituents is 1. The van der Waals surface area contributed by atoms with Crippen molar-refractivity contribution in [2.75, 3.05) is 13.1 Å². The maximum atomic E-state index is 9.87. The monoisotopic (exact) mass is 296 g/mol. The number of aromatic amines is 1. The van der Waals surface area contributed by atoms with E-state index in [2.05, 4.69) is 16.8 Å². The van der Waals surface area contributed by atoms with Crippen molar-refractivity contribution in [3.05, 3.63) is 29.5 Å². The molecule has 0 amide bonds. The molecule has 3 aliphatic heterocycles. The average molecular weight is 296 g/mol. The topological polar surface area (TPSA) is 39.3 Å². The van der Waals surface area contributed by atoms with E-state index in [9.17, 15) is 5.11 Å². The molecule has 2 N–H and O–H groups in total. The predicted octanol–water partition coefficient (Wildman–Crippen LogP) is 3.63. The van der Waals surface area contributed by atoms with Gasteiger partial charge < -0.3 is 10.1 Å². The van der Waals surface area contributed by atoms with Crippen LogP contribution in [0, 0.1) is 11.8 Å². The molecule has 0 spiro atoms. The molecule has 4 aliphatic rings. The second-order valence-corrected chi connectivity index (χ2v) is 7.59. The number of H-pyrrole nitrogens is 1. The predicted molar refractivity (Wildman–Crippen MR) is 88.3 cm³/mol. The minimum absolute atomic E-state index is 0.384. The first-order valence-electron chi connectivity index (χ1n) is 8.82. The van der Waals surface area contributed by atoms with Crippen molar-refractivity contribution in [3.63, 3.8) is 0 Å². The summed E-state index contributed by atoms with van der Waals surface area (Å²) in [7, 11) is 0. The van der Waals surface area contributed by atoms with E-state index in [4.69, 9.17) is 0 Å². The molecule has 2 saturated heterocycles. The van der Waals surface area contributed by atoms with Crippen LogP contribution in [0.25, 0.3) is 10.9 Å². The molecule has 1 aromatic heterocycles. The first kappa shape index (κ1) is 13.0. The fourth-order valence-electron chi connectivity index (χ4n) is 5.68. The van der Waals surface area contributed by atoms with E-state index in [0.29, 0.717) is 11.7 Å². The summed E-state index contributed by atoms with van der Waals surface area (Å²) in [4.78, 5) is 6.51. The van der Waals surface area contributed by atoms with Gasteiger partial charge in [-0.1, -0.05) is 13.3 Å². The van der Waals surface area contributed by atoms with Crippen molar-refractivity contribution >= 4 is 10.9 Å². The van der Waals surface area contributed by atoms with Crippen LogP contribution in [0.4, 0.5) is 0 Å². The third-order valence-corrected chi connectivity index (χ3v) is 6.50. The van der Waals surface area contributed by atoms with E-state index in [1.165, 1.54) is 54.5 Å². The molecule has 4 heterocycles. The zero-order chi connectivity index (χ0) is 14.8. The highest BCUT2D eigenvalue weighted by molar-refractivity contribution is 5.86. The first-order valence-corrected chi connectivity index (χ1v) is 8.82. The summed E-state index contributed by atoms with van der Waals surface area (Å²) >= 11 is 0. The Hall–Kier alpha value is -1.48. The highest BCUT2D eigenvalue weighted by Crippen LogP contribution is 2.51. The molecule has 3 fully saturated rings. The molecule has 6 rings (SSSR count). The van der Waals surface area contributed by atoms with Gasteiger partial charge in [-0.25, -0.2) is 0 Å². The molecule has 4 bridgehead atoms. The lowest BCUT2D eigenvalue weighted by Crippen LogP contribution is -2.56. The molecule has 22 heavy (non-hydrogen) atoms. The Morgan fingerprint density at radius 3 is 3.09 bits per heavy atom. The van der Waals surface area contributed by atoms with E-state index in [1.807, 2.05) is 12.1 Å². The SMILES string of the molecule is CC[C@H]1C[C@@H]2CC3c4[nH]c5ccc(O)cc5c4CCN(C2)[C@H]31. The van der Waals surface area contributed by atoms with Crippen LogP contribution in [0.3, 0.4) is 0 Å². The molecule has 1 aliphatic carbocycles. The van der Waals surface area contributed by atoms with E-state index in [1.54, 1.807) is 6.07 Å². The maximum Gasteiger partial charge on any atom is 0.116 e. The van der Waals surface area contributed by atoms with E-state index in [-0.39, 0.29) is 0 Å². The molecule has 1 saturated carbocycles. The Kier molecular flexibility index (Phi) is 2.67. The fourth-order valence-corrected chi connectivity index (χ4v) is 5.68. The Balaban J connectivity index is 1.69. The smallest absolute Gasteiger partial charge is 0.116 e. The van der Waals surface area contributed by atoms with Gasteiger partial charge in [0, 0.05) is 41.6 Å². The molecule has 3 nitrogen and oxygen atoms in total. The van der Waals surface area contributed by atoms with Gasteiger partial charge in [-0.2, -0.15) is 0 Å². The van der Waals surface area contributed by atoms with Crippen LogP contribution in [0.1, 0.15) is 43.4 Å². The first-order chi connectivity index (χ1) is 10.7. The number of aromatic hydroxyl groups is 1. The van der Waals surface area contributed by atoms with E-state index in [0.717, 1.165) is 24.3 Å². The number of phenols is 1. The number of nitrogens with zero attached hydrogens (tertiary/aromatic N) is 1. The quantitative estimate of drug-likeness (QED) is 0.843. The number of nitrogens with one attached hydrogen (secondary N) is 1. The van der Waals surface area contributed by atoms with Gasteiger partial charge >= 0.3 is 0 Å². The zero-order valence-electron chi connectivity index (χ0n) is 13.2. The third-order valence-electron chi connectivity index (χ3n) is 6.50. The second-order valence-electron chi connectivity index (χ2n) is 7.59. The highest BCUT2D eigenvalue weighted by atomic mass is 16.3. The summed E-state index contributed by atoms with van der Waals surface area (Å²) in [6.07, 6.45) is 5.22. The normalized spacial score (nSPS) is 36.3. The number of aromatic nitrogens is 1. The van der Waals surface area contributed by atoms with E-state index >= 15 is 0 Å². The molecule has 5 atom stereocenters. The Morgan fingerprint density at radius 2 is 2.23 bits per heavy atom. The molecule has 2 unspecified atom stereocenters. The van der Waals surface area contributed by atoms with Crippen LogP contribution in [0.5, 0.6) is 5.75 Å². The van der Waals surface area contributed by atoms with Crippen LogP contribution in [0.15, 0.2) is 18.2 Å². The van der Waals surface area contributed by atoms with Gasteiger partial charge in [-0.3, -0.25) is 4.90 Å². The number of piperidine rings is 2. The van der Waals surface area contributed by atoms with Gasteiger partial charge in [0.1, 0.15) is 5.75 Å². The minimum Gasteiger partial charge on any atom is -0.508 e. The summed E-state index contributed by atoms with van der Waals surface area (Å²) in [5.74, 6) is 2.80. The van der Waals surface area contributed by atoms with Gasteiger partial charge in [0.2, 0.25) is 0 Å². The van der Waals surface area contributed by atoms with Crippen LogP contribution in [-0.4, -0.2) is 34.1 Å². The van der Waals surface area contributed by atoms with Gasteiger partial charge in [0.05, 0.1) is 0 Å². The lowest BCUT2D eigenvalue weighted by Gasteiger charge is -2.53. The van der Waals surface area contributed by atoms with Gasteiger partial charge in [0.25, 0.3) is 0 Å². The van der Waals surface area contributed by atoms with Gasteiger partial charge in [0.15, 0.2) is 0 Å². The van der Waals surface area contributed by atoms with Gasteiger partial charge in [-0.05, 0) is 54.9 Å². The van der Waals surface area contributed by atoms with Crippen molar-refractivity contribution in [2.24, 2.45) is 11.8 Å². The second kappa shape index (κ2) is 4.51. The van der Waals surface area contributed by atoms with Crippen LogP contribution >= 0.6 is 0 Å². The summed E-state index contributed by atoms with van der Waals surface area (Å²) in [6.45, 7) is 4.86. The van der Waals surface area contributed by atoms with Crippen LogP contribution < -0.4 is 0 Å². The molecule has 116 valence electrons. The number of benzene rings is 1. The minimum atomic E-state index is 0.384. The Labute approximate surface area is 131 Å². The van der Waals surface area contributed by atoms with Gasteiger partial charge in [-0.15, -0.1) is 0 Å². The molecule has 1 aromatic carbocycles. The number of rotatable bonds is 1. The van der Waals surface area contributed by atoms with Crippen molar-refractivity contribution in [3.8, 4) is 5.75 Å². The largest absolute Gasteiger partial charge is 0.508 e. The lowest BCUT2D eigenvalue weighted by atomic mass is 9.65. The standard InChI is InChI=1S/C19H24N2O/c1-2-12-7-11-8-16-18-14(5-6-21(10-11)19(12)16)15-9-13(22)3-4-17(15)20-18/h3-4,9,11-12,16,19-20,22H,2,5-8,10H2,1H3/t11-,12+,16?,19+/m1/s1. The molecular formula is C19H24N2O. The number of fused-ring (bicyclic) bond motifs is 4. The van der Waals surface area contributed by atoms with Crippen molar-refractivity contribution in [1.29, 1.82) is 0 Å². The summed E-state index contributed by atoms with van der Waals surface area (Å²) < 4.78 is 0. The Morgan fingerprint density at radius 1 is 1.32 bits per heavy atom. The molecule has 3 heteroatoms. The maximum absolute atomic E-state index is 9.87. The van der Waals surface area contributed by atoms with Crippen molar-refractivity contribution < 1.29 is 5.11 Å². The summed E-state index contributed by atoms with van der Waals surface area (Å²) in [5.41, 5.74) is 4.16. The number of hydrogen-bond donors (Lipinski definition) is 2. The highest BCUT2D eigenvalue weighted by Gasteiger charge is 2.48. The molecular weight excluding hydrogens is 272 g/mol. The van der Waals surface area contributed by atoms with E-state index < -0.39 is 0 Å². The average Bonchev–Trinajstić information content (AvgIpc) is 2.85. The van der Waals surface area contributed by atoms with Crippen molar-refractivity contribution in [1.82, 2.24) is 9.88 Å². The fraction of sp³-hybridized carbons (Fsp3) is 0.579. The van der Waals surface area contributed by atoms with Crippen LogP contribution in [0.2, 0.25) is 0 Å². The molecule has 2 aromatic rings.